The first-order valence-corrected chi connectivity index (χ1v) is 11.6. The van der Waals surface area contributed by atoms with Crippen LogP contribution in [0.2, 0.25) is 0 Å². The van der Waals surface area contributed by atoms with E-state index in [1.54, 1.807) is 6.08 Å². The minimum absolute atomic E-state index is 0.193. The van der Waals surface area contributed by atoms with Crippen LogP contribution in [0.15, 0.2) is 30.3 Å². The van der Waals surface area contributed by atoms with Gasteiger partial charge in [-0.05, 0) is 43.0 Å². The van der Waals surface area contributed by atoms with E-state index in [2.05, 4.69) is 12.2 Å². The summed E-state index contributed by atoms with van der Waals surface area (Å²) in [6.07, 6.45) is 9.96. The van der Waals surface area contributed by atoms with Crippen molar-refractivity contribution in [3.63, 3.8) is 0 Å². The van der Waals surface area contributed by atoms with Gasteiger partial charge in [0, 0.05) is 24.2 Å². The maximum absolute atomic E-state index is 12.3. The van der Waals surface area contributed by atoms with Crippen LogP contribution in [0.5, 0.6) is 0 Å². The molecule has 0 aliphatic heterocycles. The van der Waals surface area contributed by atoms with Crippen LogP contribution in [0.4, 0.5) is 18.9 Å². The lowest BCUT2D eigenvalue weighted by atomic mass is 10.00. The van der Waals surface area contributed by atoms with Crippen molar-refractivity contribution < 1.29 is 23.1 Å². The summed E-state index contributed by atoms with van der Waals surface area (Å²) in [4.78, 5) is 10.6. The minimum atomic E-state index is -4.06. The van der Waals surface area contributed by atoms with Gasteiger partial charge in [0.25, 0.3) is 0 Å². The van der Waals surface area contributed by atoms with Gasteiger partial charge in [0.05, 0.1) is 0 Å². The third-order valence-electron chi connectivity index (χ3n) is 5.37. The highest BCUT2D eigenvalue weighted by atomic mass is 19.4. The van der Waals surface area contributed by atoms with Crippen molar-refractivity contribution in [2.24, 2.45) is 0 Å². The van der Waals surface area contributed by atoms with Crippen LogP contribution in [0.3, 0.4) is 0 Å². The number of carboxylic acids is 1. The largest absolute Gasteiger partial charge is 0.478 e. The van der Waals surface area contributed by atoms with Gasteiger partial charge in [-0.1, -0.05) is 76.8 Å². The lowest BCUT2D eigenvalue weighted by molar-refractivity contribution is -0.135. The normalized spacial score (nSPS) is 12.9. The Morgan fingerprint density at radius 2 is 1.48 bits per heavy atom. The summed E-state index contributed by atoms with van der Waals surface area (Å²) in [5.41, 5.74) is 1.76. The summed E-state index contributed by atoms with van der Waals surface area (Å²) >= 11 is 0. The summed E-state index contributed by atoms with van der Waals surface area (Å²) in [6, 6.07) is 7.79. The number of aliphatic carboxylic acids is 1. The van der Waals surface area contributed by atoms with E-state index in [4.69, 9.17) is 5.11 Å². The van der Waals surface area contributed by atoms with Gasteiger partial charge in [-0.3, -0.25) is 0 Å². The van der Waals surface area contributed by atoms with Crippen molar-refractivity contribution in [1.29, 1.82) is 0 Å². The highest BCUT2D eigenvalue weighted by molar-refractivity contribution is 5.85. The van der Waals surface area contributed by atoms with Gasteiger partial charge >= 0.3 is 12.1 Å². The van der Waals surface area contributed by atoms with Crippen LogP contribution >= 0.6 is 0 Å². The van der Waals surface area contributed by atoms with E-state index in [9.17, 15) is 18.0 Å². The molecule has 3 nitrogen and oxygen atoms in total. The van der Waals surface area contributed by atoms with Gasteiger partial charge in [-0.15, -0.1) is 0 Å². The molecule has 0 radical (unpaired) electrons. The van der Waals surface area contributed by atoms with Gasteiger partial charge in [-0.25, -0.2) is 4.79 Å². The summed E-state index contributed by atoms with van der Waals surface area (Å²) in [5, 5.41) is 12.2. The molecule has 0 aliphatic carbocycles. The van der Waals surface area contributed by atoms with Crippen LogP contribution < -0.4 is 5.32 Å². The van der Waals surface area contributed by atoms with E-state index >= 15 is 0 Å². The maximum atomic E-state index is 12.3. The molecule has 1 aromatic carbocycles. The molecule has 0 fully saturated rings. The quantitative estimate of drug-likeness (QED) is 0.189. The Hall–Kier alpha value is -1.98. The molecule has 1 aromatic rings. The Labute approximate surface area is 185 Å². The van der Waals surface area contributed by atoms with Gasteiger partial charge in [0.2, 0.25) is 0 Å². The number of nitrogens with one attached hydrogen (secondary N) is 1. The molecule has 6 heteroatoms. The van der Waals surface area contributed by atoms with E-state index in [1.807, 2.05) is 24.3 Å². The fourth-order valence-electron chi connectivity index (χ4n) is 3.62. The molecule has 0 saturated carbocycles. The zero-order valence-electron chi connectivity index (χ0n) is 18.7. The van der Waals surface area contributed by atoms with Gasteiger partial charge in [0.15, 0.2) is 0 Å². The van der Waals surface area contributed by atoms with Crippen molar-refractivity contribution in [2.75, 3.05) is 5.32 Å². The lowest BCUT2D eigenvalue weighted by Crippen LogP contribution is -2.19. The second kappa shape index (κ2) is 15.8. The second-order valence-corrected chi connectivity index (χ2v) is 8.26. The number of rotatable bonds is 17. The predicted octanol–water partition coefficient (Wildman–Crippen LogP) is 8.22. The maximum Gasteiger partial charge on any atom is 0.389 e. The Morgan fingerprint density at radius 3 is 2.03 bits per heavy atom. The van der Waals surface area contributed by atoms with Gasteiger partial charge < -0.3 is 10.4 Å². The van der Waals surface area contributed by atoms with Crippen LogP contribution in [0.1, 0.15) is 96.0 Å². The number of unbranched alkanes of at least 4 members (excludes halogenated alkanes) is 8. The molecule has 176 valence electrons. The van der Waals surface area contributed by atoms with E-state index in [0.29, 0.717) is 6.42 Å². The van der Waals surface area contributed by atoms with E-state index in [-0.39, 0.29) is 12.5 Å². The summed E-state index contributed by atoms with van der Waals surface area (Å²) < 4.78 is 37.0. The second-order valence-electron chi connectivity index (χ2n) is 8.26. The number of benzene rings is 1. The van der Waals surface area contributed by atoms with E-state index in [0.717, 1.165) is 43.0 Å². The molecule has 1 atom stereocenters. The molecule has 2 N–H and O–H groups in total. The zero-order valence-corrected chi connectivity index (χ0v) is 18.7. The summed E-state index contributed by atoms with van der Waals surface area (Å²) in [6.45, 7) is 2.21. The van der Waals surface area contributed by atoms with Crippen molar-refractivity contribution >= 4 is 17.7 Å². The van der Waals surface area contributed by atoms with Gasteiger partial charge in [-0.2, -0.15) is 13.2 Å². The third kappa shape index (κ3) is 15.5. The summed E-state index contributed by atoms with van der Waals surface area (Å²) in [5.74, 6) is -0.984. The number of carboxylic acid groups (broad SMARTS) is 1. The first kappa shape index (κ1) is 27.1. The average molecular weight is 442 g/mol. The van der Waals surface area contributed by atoms with Crippen LogP contribution in [-0.2, 0) is 4.79 Å². The fourth-order valence-corrected chi connectivity index (χ4v) is 3.62. The summed E-state index contributed by atoms with van der Waals surface area (Å²) in [7, 11) is 0. The number of alkyl halides is 3. The number of anilines is 1. The van der Waals surface area contributed by atoms with Gasteiger partial charge in [0.1, 0.15) is 0 Å². The molecular formula is C25H38F3NO2. The molecule has 0 aromatic heterocycles. The Kier molecular flexibility index (Phi) is 13.8. The lowest BCUT2D eigenvalue weighted by Gasteiger charge is -2.20. The Balaban J connectivity index is 2.49. The predicted molar refractivity (Wildman–Crippen MR) is 122 cm³/mol. The fraction of sp³-hybridized carbons (Fsp3) is 0.640. The molecule has 0 heterocycles. The van der Waals surface area contributed by atoms with Crippen LogP contribution in [0.25, 0.3) is 6.08 Å². The highest BCUT2D eigenvalue weighted by Gasteiger charge is 2.25. The van der Waals surface area contributed by atoms with Crippen molar-refractivity contribution in [3.8, 4) is 0 Å². The first-order chi connectivity index (χ1) is 14.8. The molecule has 0 bridgehead atoms. The van der Waals surface area contributed by atoms with Crippen molar-refractivity contribution in [1.82, 2.24) is 0 Å². The number of hydrogen-bond donors (Lipinski definition) is 2. The van der Waals surface area contributed by atoms with E-state index < -0.39 is 18.6 Å². The first-order valence-electron chi connectivity index (χ1n) is 11.6. The average Bonchev–Trinajstić information content (AvgIpc) is 2.71. The molecule has 1 rings (SSSR count). The SMILES string of the molecule is CCCCCCCCCC(CCCCCC(F)(F)F)Nc1ccc(C=CC(=O)O)cc1. The van der Waals surface area contributed by atoms with Crippen LogP contribution in [-0.4, -0.2) is 23.3 Å². The number of carbonyl (C=O) groups is 1. The highest BCUT2D eigenvalue weighted by Crippen LogP contribution is 2.24. The topological polar surface area (TPSA) is 49.3 Å². The Morgan fingerprint density at radius 1 is 0.935 bits per heavy atom. The molecular weight excluding hydrogens is 403 g/mol. The molecule has 0 saturated heterocycles. The Bertz CT molecular complexity index is 627. The molecule has 1 unspecified atom stereocenters. The standard InChI is InChI=1S/C25H38F3NO2/c1-2-3-4-5-6-7-9-12-22(13-10-8-11-20-25(26,27)28)29-23-17-14-21(15-18-23)16-19-24(30)31/h14-19,22,29H,2-13,20H2,1H3,(H,30,31). The molecule has 0 aliphatic rings. The third-order valence-corrected chi connectivity index (χ3v) is 5.37. The number of hydrogen-bond acceptors (Lipinski definition) is 2. The minimum Gasteiger partial charge on any atom is -0.478 e. The van der Waals surface area contributed by atoms with Crippen molar-refractivity contribution in [3.05, 3.63) is 35.9 Å². The van der Waals surface area contributed by atoms with Crippen molar-refractivity contribution in [2.45, 2.75) is 103 Å². The zero-order chi connectivity index (χ0) is 23.0. The van der Waals surface area contributed by atoms with E-state index in [1.165, 1.54) is 38.5 Å². The number of halogens is 3. The molecule has 0 amide bonds. The van der Waals surface area contributed by atoms with Crippen LogP contribution in [0, 0.1) is 0 Å². The smallest absolute Gasteiger partial charge is 0.389 e. The monoisotopic (exact) mass is 441 g/mol. The molecule has 0 spiro atoms. The molecule has 31 heavy (non-hydrogen) atoms.